The van der Waals surface area contributed by atoms with Gasteiger partial charge in [-0.05, 0) is 44.2 Å². The maximum Gasteiger partial charge on any atom is 0.257 e. The van der Waals surface area contributed by atoms with Crippen molar-refractivity contribution >= 4 is 23.2 Å². The second-order valence-corrected chi connectivity index (χ2v) is 7.67. The Hall–Kier alpha value is -3.68. The highest BCUT2D eigenvalue weighted by molar-refractivity contribution is 6.08. The Bertz CT molecular complexity index is 1070. The molecule has 0 radical (unpaired) electrons. The van der Waals surface area contributed by atoms with Crippen LogP contribution in [-0.2, 0) is 11.3 Å². The highest BCUT2D eigenvalue weighted by Gasteiger charge is 2.24. The first-order valence-corrected chi connectivity index (χ1v) is 10.4. The number of para-hydroxylation sites is 1. The van der Waals surface area contributed by atoms with E-state index in [-0.39, 0.29) is 18.4 Å². The molecule has 4 rings (SSSR count). The number of pyridine rings is 1. The van der Waals surface area contributed by atoms with Gasteiger partial charge in [-0.2, -0.15) is 5.10 Å². The van der Waals surface area contributed by atoms with E-state index in [2.05, 4.69) is 20.3 Å². The lowest BCUT2D eigenvalue weighted by Crippen LogP contribution is -2.50. The van der Waals surface area contributed by atoms with Crippen LogP contribution < -0.4 is 10.2 Å². The third-order valence-corrected chi connectivity index (χ3v) is 5.43. The van der Waals surface area contributed by atoms with Crippen molar-refractivity contribution in [3.8, 4) is 0 Å². The minimum absolute atomic E-state index is 0.0634. The number of aryl methyl sites for hydroxylation is 2. The van der Waals surface area contributed by atoms with Gasteiger partial charge in [0.1, 0.15) is 6.54 Å². The summed E-state index contributed by atoms with van der Waals surface area (Å²) in [5.41, 5.74) is 4.03. The van der Waals surface area contributed by atoms with Gasteiger partial charge >= 0.3 is 0 Å². The van der Waals surface area contributed by atoms with Gasteiger partial charge in [-0.3, -0.25) is 19.3 Å². The van der Waals surface area contributed by atoms with Crippen LogP contribution in [0.3, 0.4) is 0 Å². The number of benzene rings is 1. The molecule has 3 aromatic rings. The molecule has 1 fully saturated rings. The van der Waals surface area contributed by atoms with Crippen LogP contribution in [0.4, 0.5) is 11.4 Å². The lowest BCUT2D eigenvalue weighted by molar-refractivity contribution is -0.132. The fourth-order valence-corrected chi connectivity index (χ4v) is 3.84. The van der Waals surface area contributed by atoms with Crippen LogP contribution in [-0.4, -0.2) is 57.7 Å². The summed E-state index contributed by atoms with van der Waals surface area (Å²) in [7, 11) is 0. The predicted molar refractivity (Wildman–Crippen MR) is 119 cm³/mol. The number of carbonyl (C=O) groups excluding carboxylic acids is 2. The third kappa shape index (κ3) is 4.74. The quantitative estimate of drug-likeness (QED) is 0.688. The normalized spacial score (nSPS) is 13.9. The molecule has 1 aliphatic rings. The molecular formula is C23H26N6O2. The summed E-state index contributed by atoms with van der Waals surface area (Å²) in [6.07, 6.45) is 3.28. The minimum Gasteiger partial charge on any atom is -0.367 e. The van der Waals surface area contributed by atoms with Gasteiger partial charge in [0.25, 0.3) is 5.91 Å². The van der Waals surface area contributed by atoms with Gasteiger partial charge in [0.05, 0.1) is 23.1 Å². The van der Waals surface area contributed by atoms with Crippen molar-refractivity contribution in [3.63, 3.8) is 0 Å². The average Bonchev–Trinajstić information content (AvgIpc) is 3.11. The summed E-state index contributed by atoms with van der Waals surface area (Å²) >= 11 is 0. The van der Waals surface area contributed by atoms with Crippen LogP contribution in [0.2, 0.25) is 0 Å². The number of nitrogens with zero attached hydrogens (tertiary/aromatic N) is 5. The highest BCUT2D eigenvalue weighted by Crippen LogP contribution is 2.23. The molecule has 0 unspecified atom stereocenters. The van der Waals surface area contributed by atoms with E-state index in [4.69, 9.17) is 0 Å². The molecule has 0 aliphatic carbocycles. The van der Waals surface area contributed by atoms with E-state index < -0.39 is 0 Å². The number of rotatable bonds is 5. The highest BCUT2D eigenvalue weighted by atomic mass is 16.2. The monoisotopic (exact) mass is 418 g/mol. The van der Waals surface area contributed by atoms with Crippen molar-refractivity contribution < 1.29 is 9.59 Å². The Morgan fingerprint density at radius 3 is 2.48 bits per heavy atom. The first-order chi connectivity index (χ1) is 15.0. The third-order valence-electron chi connectivity index (χ3n) is 5.43. The molecule has 2 amide bonds. The van der Waals surface area contributed by atoms with E-state index >= 15 is 0 Å². The molecule has 1 aromatic carbocycles. The maximum atomic E-state index is 12.8. The standard InChI is InChI=1S/C23H26N6O2/c1-17-14-18(2)29(26-17)16-22(30)28-12-10-27(11-13-28)21-8-4-3-7-20(21)23(31)25-19-6-5-9-24-15-19/h3-9,14-15H,10-13,16H2,1-2H3,(H,25,31). The van der Waals surface area contributed by atoms with Crippen LogP contribution in [0, 0.1) is 13.8 Å². The van der Waals surface area contributed by atoms with Crippen LogP contribution in [0.1, 0.15) is 21.7 Å². The Kier molecular flexibility index (Phi) is 5.97. The van der Waals surface area contributed by atoms with Crippen LogP contribution >= 0.6 is 0 Å². The first kappa shape index (κ1) is 20.6. The lowest BCUT2D eigenvalue weighted by Gasteiger charge is -2.37. The van der Waals surface area contributed by atoms with Gasteiger partial charge in [0.2, 0.25) is 5.91 Å². The second-order valence-electron chi connectivity index (χ2n) is 7.67. The molecule has 31 heavy (non-hydrogen) atoms. The fourth-order valence-electron chi connectivity index (χ4n) is 3.84. The maximum absolute atomic E-state index is 12.8. The van der Waals surface area contributed by atoms with Gasteiger partial charge in [-0.15, -0.1) is 0 Å². The Morgan fingerprint density at radius 1 is 1.03 bits per heavy atom. The molecule has 1 aliphatic heterocycles. The topological polar surface area (TPSA) is 83.4 Å². The predicted octanol–water partition coefficient (Wildman–Crippen LogP) is 2.50. The molecule has 1 saturated heterocycles. The summed E-state index contributed by atoms with van der Waals surface area (Å²) in [5.74, 6) is -0.111. The van der Waals surface area contributed by atoms with Gasteiger partial charge in [0, 0.05) is 43.8 Å². The zero-order valence-electron chi connectivity index (χ0n) is 17.8. The summed E-state index contributed by atoms with van der Waals surface area (Å²) in [6, 6.07) is 13.1. The Morgan fingerprint density at radius 2 is 1.81 bits per heavy atom. The molecule has 1 N–H and O–H groups in total. The van der Waals surface area contributed by atoms with Gasteiger partial charge in [-0.1, -0.05) is 12.1 Å². The van der Waals surface area contributed by atoms with Crippen molar-refractivity contribution in [2.75, 3.05) is 36.4 Å². The summed E-state index contributed by atoms with van der Waals surface area (Å²) < 4.78 is 1.75. The molecular weight excluding hydrogens is 392 g/mol. The molecule has 0 bridgehead atoms. The van der Waals surface area contributed by atoms with Crippen LogP contribution in [0.5, 0.6) is 0 Å². The molecule has 0 atom stereocenters. The fraction of sp³-hybridized carbons (Fsp3) is 0.304. The van der Waals surface area contributed by atoms with E-state index in [9.17, 15) is 9.59 Å². The largest absolute Gasteiger partial charge is 0.367 e. The van der Waals surface area contributed by atoms with Crippen molar-refractivity contribution in [1.29, 1.82) is 0 Å². The van der Waals surface area contributed by atoms with E-state index in [0.717, 1.165) is 17.1 Å². The van der Waals surface area contributed by atoms with Crippen molar-refractivity contribution in [3.05, 3.63) is 71.8 Å². The second kappa shape index (κ2) is 8.99. The summed E-state index contributed by atoms with van der Waals surface area (Å²) in [5, 5.41) is 7.28. The van der Waals surface area contributed by atoms with Gasteiger partial charge in [-0.25, -0.2) is 0 Å². The molecule has 3 heterocycles. The average molecular weight is 419 g/mol. The summed E-state index contributed by atoms with van der Waals surface area (Å²) in [4.78, 5) is 33.6. The first-order valence-electron chi connectivity index (χ1n) is 10.4. The van der Waals surface area contributed by atoms with Crippen molar-refractivity contribution in [2.45, 2.75) is 20.4 Å². The Labute approximate surface area is 181 Å². The van der Waals surface area contributed by atoms with Crippen molar-refractivity contribution in [1.82, 2.24) is 19.7 Å². The molecule has 0 spiro atoms. The number of piperazine rings is 1. The zero-order valence-corrected chi connectivity index (χ0v) is 17.8. The number of hydrogen-bond acceptors (Lipinski definition) is 5. The van der Waals surface area contributed by atoms with Crippen LogP contribution in [0.15, 0.2) is 54.9 Å². The van der Waals surface area contributed by atoms with E-state index in [1.165, 1.54) is 0 Å². The number of amides is 2. The number of anilines is 2. The number of aromatic nitrogens is 3. The van der Waals surface area contributed by atoms with E-state index in [1.54, 1.807) is 29.2 Å². The van der Waals surface area contributed by atoms with E-state index in [1.807, 2.05) is 49.1 Å². The van der Waals surface area contributed by atoms with Crippen LogP contribution in [0.25, 0.3) is 0 Å². The van der Waals surface area contributed by atoms with Crippen molar-refractivity contribution in [2.24, 2.45) is 0 Å². The summed E-state index contributed by atoms with van der Waals surface area (Å²) in [6.45, 7) is 6.69. The van der Waals surface area contributed by atoms with Gasteiger partial charge in [0.15, 0.2) is 0 Å². The smallest absolute Gasteiger partial charge is 0.257 e. The molecule has 2 aromatic heterocycles. The molecule has 0 saturated carbocycles. The minimum atomic E-state index is -0.174. The zero-order chi connectivity index (χ0) is 21.8. The Balaban J connectivity index is 1.40. The number of nitrogens with one attached hydrogen (secondary N) is 1. The molecule has 8 nitrogen and oxygen atoms in total. The number of carbonyl (C=O) groups is 2. The molecule has 8 heteroatoms. The lowest BCUT2D eigenvalue weighted by atomic mass is 10.1. The number of hydrogen-bond donors (Lipinski definition) is 1. The van der Waals surface area contributed by atoms with E-state index in [0.29, 0.717) is 37.4 Å². The SMILES string of the molecule is Cc1cc(C)n(CC(=O)N2CCN(c3ccccc3C(=O)Nc3cccnc3)CC2)n1. The van der Waals surface area contributed by atoms with Gasteiger partial charge < -0.3 is 15.1 Å². The molecule has 160 valence electrons.